The topological polar surface area (TPSA) is 95.7 Å². The molecule has 0 fully saturated rings. The maximum Gasteiger partial charge on any atom is 0.394 e. The second-order valence-electron chi connectivity index (χ2n) is 8.65. The van der Waals surface area contributed by atoms with Gasteiger partial charge >= 0.3 is 11.9 Å². The Balaban J connectivity index is 1.27. The number of aromatic nitrogens is 1. The molecule has 168 valence electrons. The quantitative estimate of drug-likeness (QED) is 0.515. The second-order valence-corrected chi connectivity index (χ2v) is 8.65. The summed E-state index contributed by atoms with van der Waals surface area (Å²) in [7, 11) is 0. The zero-order valence-electron chi connectivity index (χ0n) is 18.3. The molecule has 2 aliphatic carbocycles. The molecule has 2 heterocycles. The summed E-state index contributed by atoms with van der Waals surface area (Å²) in [5.74, 6) is -0.776. The van der Waals surface area contributed by atoms with Crippen LogP contribution in [0.25, 0.3) is 5.57 Å². The van der Waals surface area contributed by atoms with Crippen LogP contribution >= 0.6 is 0 Å². The number of benzene rings is 1. The van der Waals surface area contributed by atoms with Crippen LogP contribution in [0.2, 0.25) is 0 Å². The first-order chi connectivity index (χ1) is 16.0. The van der Waals surface area contributed by atoms with Gasteiger partial charge in [-0.3, -0.25) is 4.79 Å². The Morgan fingerprint density at radius 2 is 2.06 bits per heavy atom. The predicted octanol–water partition coefficient (Wildman–Crippen LogP) is 4.66. The number of carbonyl (C=O) groups is 2. The van der Waals surface area contributed by atoms with Gasteiger partial charge < -0.3 is 19.7 Å². The van der Waals surface area contributed by atoms with Crippen molar-refractivity contribution in [2.24, 2.45) is 5.92 Å². The average Bonchev–Trinajstić information content (AvgIpc) is 3.58. The Kier molecular flexibility index (Phi) is 5.46. The number of anilines is 2. The van der Waals surface area contributed by atoms with E-state index in [9.17, 15) is 9.59 Å². The van der Waals surface area contributed by atoms with Crippen molar-refractivity contribution in [2.45, 2.75) is 25.7 Å². The predicted molar refractivity (Wildman–Crippen MR) is 125 cm³/mol. The van der Waals surface area contributed by atoms with E-state index in [2.05, 4.69) is 53.7 Å². The van der Waals surface area contributed by atoms with Crippen molar-refractivity contribution in [3.8, 4) is 0 Å². The van der Waals surface area contributed by atoms with Crippen LogP contribution in [-0.4, -0.2) is 40.0 Å². The SMILES string of the molecule is CC1CC(c2cnc(Nc3cccc(C4C=C4)c3)o2)=CC=C1C1=CCN(C(=O)C(=O)O)CC1. The molecule has 2 aromatic rings. The lowest BCUT2D eigenvalue weighted by molar-refractivity contribution is -0.155. The highest BCUT2D eigenvalue weighted by atomic mass is 16.4. The number of nitrogens with one attached hydrogen (secondary N) is 1. The average molecular weight is 444 g/mol. The van der Waals surface area contributed by atoms with Gasteiger partial charge in [0, 0.05) is 24.7 Å². The molecule has 5 rings (SSSR count). The Morgan fingerprint density at radius 3 is 2.76 bits per heavy atom. The van der Waals surface area contributed by atoms with E-state index in [1.54, 1.807) is 6.20 Å². The number of hydrogen-bond donors (Lipinski definition) is 2. The molecule has 1 aromatic carbocycles. The van der Waals surface area contributed by atoms with Crippen molar-refractivity contribution in [3.63, 3.8) is 0 Å². The minimum Gasteiger partial charge on any atom is -0.474 e. The lowest BCUT2D eigenvalue weighted by Crippen LogP contribution is -2.39. The summed E-state index contributed by atoms with van der Waals surface area (Å²) in [5, 5.41) is 12.1. The third kappa shape index (κ3) is 4.53. The summed E-state index contributed by atoms with van der Waals surface area (Å²) in [4.78, 5) is 28.3. The van der Waals surface area contributed by atoms with Gasteiger partial charge in [0.25, 0.3) is 6.01 Å². The number of nitrogens with zero attached hydrogens (tertiary/aromatic N) is 2. The number of amides is 1. The Morgan fingerprint density at radius 1 is 1.21 bits per heavy atom. The van der Waals surface area contributed by atoms with Crippen molar-refractivity contribution in [1.29, 1.82) is 0 Å². The van der Waals surface area contributed by atoms with E-state index in [1.807, 2.05) is 18.2 Å². The van der Waals surface area contributed by atoms with Crippen LogP contribution in [0.1, 0.15) is 37.0 Å². The molecule has 0 saturated heterocycles. The standard InChI is InChI=1S/C26H25N3O4/c1-16-13-20(7-8-22(16)18-9-11-29(12-10-18)24(30)25(31)32)23-15-27-26(33-23)28-21-4-2-3-19(14-21)17-5-6-17/h2-9,14-17H,10-13H2,1H3,(H,27,28)(H,31,32). The Bertz CT molecular complexity index is 1230. The Labute approximate surface area is 191 Å². The van der Waals surface area contributed by atoms with Crippen molar-refractivity contribution in [1.82, 2.24) is 9.88 Å². The van der Waals surface area contributed by atoms with Crippen LogP contribution in [0.3, 0.4) is 0 Å². The molecule has 1 unspecified atom stereocenters. The van der Waals surface area contributed by atoms with Crippen LogP contribution in [0.15, 0.2) is 76.4 Å². The normalized spacial score (nSPS) is 20.1. The number of carboxylic acids is 1. The van der Waals surface area contributed by atoms with Gasteiger partial charge in [0.2, 0.25) is 0 Å². The summed E-state index contributed by atoms with van der Waals surface area (Å²) in [5.41, 5.74) is 5.69. The fourth-order valence-electron chi connectivity index (χ4n) is 4.43. The molecule has 7 heteroatoms. The summed E-state index contributed by atoms with van der Waals surface area (Å²) in [6.45, 7) is 2.92. The van der Waals surface area contributed by atoms with Crippen LogP contribution in [0, 0.1) is 5.92 Å². The summed E-state index contributed by atoms with van der Waals surface area (Å²) >= 11 is 0. The lowest BCUT2D eigenvalue weighted by Gasteiger charge is -2.29. The van der Waals surface area contributed by atoms with E-state index in [0.29, 0.717) is 31.4 Å². The van der Waals surface area contributed by atoms with Gasteiger partial charge in [-0.2, -0.15) is 0 Å². The zero-order chi connectivity index (χ0) is 22.9. The van der Waals surface area contributed by atoms with Gasteiger partial charge in [-0.15, -0.1) is 0 Å². The van der Waals surface area contributed by atoms with Crippen LogP contribution in [-0.2, 0) is 9.59 Å². The van der Waals surface area contributed by atoms with Crippen LogP contribution in [0.4, 0.5) is 11.7 Å². The first-order valence-corrected chi connectivity index (χ1v) is 11.1. The van der Waals surface area contributed by atoms with E-state index >= 15 is 0 Å². The number of allylic oxidation sites excluding steroid dienone is 6. The third-order valence-corrected chi connectivity index (χ3v) is 6.30. The molecule has 0 bridgehead atoms. The minimum absolute atomic E-state index is 0.280. The number of rotatable bonds is 5. The highest BCUT2D eigenvalue weighted by molar-refractivity contribution is 6.31. The number of hydrogen-bond acceptors (Lipinski definition) is 5. The van der Waals surface area contributed by atoms with Crippen LogP contribution < -0.4 is 5.32 Å². The number of carbonyl (C=O) groups excluding carboxylic acids is 1. The highest BCUT2D eigenvalue weighted by Gasteiger charge is 2.26. The molecule has 1 amide bonds. The fourth-order valence-corrected chi connectivity index (χ4v) is 4.43. The summed E-state index contributed by atoms with van der Waals surface area (Å²) in [6, 6.07) is 8.70. The zero-order valence-corrected chi connectivity index (χ0v) is 18.3. The molecule has 33 heavy (non-hydrogen) atoms. The van der Waals surface area contributed by atoms with Crippen molar-refractivity contribution < 1.29 is 19.1 Å². The van der Waals surface area contributed by atoms with E-state index < -0.39 is 11.9 Å². The molecule has 2 N–H and O–H groups in total. The fraction of sp³-hybridized carbons (Fsp3) is 0.269. The summed E-state index contributed by atoms with van der Waals surface area (Å²) in [6.07, 6.45) is 13.7. The van der Waals surface area contributed by atoms with Gasteiger partial charge in [-0.1, -0.05) is 49.4 Å². The van der Waals surface area contributed by atoms with Crippen molar-refractivity contribution in [2.75, 3.05) is 18.4 Å². The summed E-state index contributed by atoms with van der Waals surface area (Å²) < 4.78 is 5.99. The molecule has 3 aliphatic rings. The largest absolute Gasteiger partial charge is 0.474 e. The van der Waals surface area contributed by atoms with E-state index in [4.69, 9.17) is 9.52 Å². The van der Waals surface area contributed by atoms with Crippen molar-refractivity contribution >= 4 is 29.2 Å². The molecular formula is C26H25N3O4. The molecular weight excluding hydrogens is 418 g/mol. The van der Waals surface area contributed by atoms with Crippen molar-refractivity contribution in [3.05, 3.63) is 83.3 Å². The maximum atomic E-state index is 11.7. The number of carboxylic acid groups (broad SMARTS) is 1. The lowest BCUT2D eigenvalue weighted by atomic mass is 9.82. The molecule has 1 atom stereocenters. The monoisotopic (exact) mass is 443 g/mol. The second kappa shape index (κ2) is 8.58. The first kappa shape index (κ1) is 21.0. The molecule has 7 nitrogen and oxygen atoms in total. The molecule has 0 saturated carbocycles. The highest BCUT2D eigenvalue weighted by Crippen LogP contribution is 2.37. The Hall–Kier alpha value is -3.87. The van der Waals surface area contributed by atoms with Crippen LogP contribution in [0.5, 0.6) is 0 Å². The van der Waals surface area contributed by atoms with Gasteiger partial charge in [-0.25, -0.2) is 9.78 Å². The molecule has 1 aromatic heterocycles. The van der Waals surface area contributed by atoms with Gasteiger partial charge in [0.05, 0.1) is 6.20 Å². The number of oxazole rings is 1. The maximum absolute atomic E-state index is 11.7. The van der Waals surface area contributed by atoms with Gasteiger partial charge in [-0.05, 0) is 53.2 Å². The van der Waals surface area contributed by atoms with Gasteiger partial charge in [0.15, 0.2) is 5.76 Å². The molecule has 1 aliphatic heterocycles. The van der Waals surface area contributed by atoms with E-state index in [1.165, 1.54) is 21.6 Å². The molecule has 0 radical (unpaired) electrons. The minimum atomic E-state index is -1.40. The molecule has 0 spiro atoms. The van der Waals surface area contributed by atoms with Gasteiger partial charge in [0.1, 0.15) is 0 Å². The smallest absolute Gasteiger partial charge is 0.394 e. The first-order valence-electron chi connectivity index (χ1n) is 11.1. The third-order valence-electron chi connectivity index (χ3n) is 6.30. The van der Waals surface area contributed by atoms with E-state index in [-0.39, 0.29) is 5.92 Å². The number of aliphatic carboxylic acids is 1. The van der Waals surface area contributed by atoms with E-state index in [0.717, 1.165) is 23.4 Å².